The van der Waals surface area contributed by atoms with Crippen molar-refractivity contribution in [2.24, 2.45) is 0 Å². The molecule has 0 spiro atoms. The highest BCUT2D eigenvalue weighted by Crippen LogP contribution is 2.20. The highest BCUT2D eigenvalue weighted by atomic mass is 19.3. The van der Waals surface area contributed by atoms with Gasteiger partial charge in [0.05, 0.1) is 5.69 Å². The molecule has 8 heteroatoms. The molecule has 5 nitrogen and oxygen atoms in total. The molecule has 0 radical (unpaired) electrons. The first-order valence-corrected chi connectivity index (χ1v) is 6.12. The Bertz CT molecular complexity index is 680. The first-order chi connectivity index (χ1) is 10.5. The highest BCUT2D eigenvalue weighted by Gasteiger charge is 2.12. The van der Waals surface area contributed by atoms with Crippen molar-refractivity contribution in [2.45, 2.75) is 6.43 Å². The van der Waals surface area contributed by atoms with Crippen molar-refractivity contribution >= 4 is 11.6 Å². The summed E-state index contributed by atoms with van der Waals surface area (Å²) >= 11 is 0. The largest absolute Gasteiger partial charge is 0.508 e. The number of amides is 1. The molecule has 1 aromatic heterocycles. The van der Waals surface area contributed by atoms with Gasteiger partial charge in [-0.15, -0.1) is 0 Å². The number of halogens is 3. The van der Waals surface area contributed by atoms with E-state index < -0.39 is 24.8 Å². The average Bonchev–Trinajstić information content (AvgIpc) is 2.48. The lowest BCUT2D eigenvalue weighted by molar-refractivity contribution is 0.0817. The monoisotopic (exact) mass is 312 g/mol. The minimum absolute atomic E-state index is 0.0478. The summed E-state index contributed by atoms with van der Waals surface area (Å²) in [6.45, 7) is -0.808. The summed E-state index contributed by atoms with van der Waals surface area (Å²) in [5.41, 5.74) is -0.275. The number of benzene rings is 1. The van der Waals surface area contributed by atoms with Crippen LogP contribution in [0, 0.1) is 5.82 Å². The zero-order valence-corrected chi connectivity index (χ0v) is 11.1. The van der Waals surface area contributed by atoms with Crippen LogP contribution in [-0.4, -0.2) is 29.0 Å². The quantitative estimate of drug-likeness (QED) is 0.833. The molecule has 0 saturated heterocycles. The van der Waals surface area contributed by atoms with E-state index in [-0.39, 0.29) is 22.9 Å². The fourth-order valence-corrected chi connectivity index (χ4v) is 1.58. The van der Waals surface area contributed by atoms with Crippen molar-refractivity contribution in [3.05, 3.63) is 48.0 Å². The Balaban J connectivity index is 2.10. The van der Waals surface area contributed by atoms with Gasteiger partial charge in [0, 0.05) is 18.3 Å². The van der Waals surface area contributed by atoms with Crippen LogP contribution in [0.4, 0.5) is 18.9 Å². The standard InChI is InChI=1S/C14H11F3N2O3/c15-10-5-8(20)1-2-11(10)19-14(21)12-6-9(3-4-18-12)22-7-13(16)17/h1-6,13,20H,7H2,(H,19,21). The molecule has 2 aromatic rings. The van der Waals surface area contributed by atoms with Gasteiger partial charge in [-0.1, -0.05) is 0 Å². The Morgan fingerprint density at radius 3 is 2.77 bits per heavy atom. The van der Waals surface area contributed by atoms with E-state index >= 15 is 0 Å². The van der Waals surface area contributed by atoms with Gasteiger partial charge in [0.2, 0.25) is 0 Å². The van der Waals surface area contributed by atoms with Crippen LogP contribution >= 0.6 is 0 Å². The number of ether oxygens (including phenoxy) is 1. The summed E-state index contributed by atoms with van der Waals surface area (Å²) in [5, 5.41) is 11.3. The molecule has 0 unspecified atom stereocenters. The molecule has 1 heterocycles. The van der Waals surface area contributed by atoms with Crippen molar-refractivity contribution in [1.29, 1.82) is 0 Å². The summed E-state index contributed by atoms with van der Waals surface area (Å²) < 4.78 is 42.4. The van der Waals surface area contributed by atoms with E-state index in [0.717, 1.165) is 12.1 Å². The van der Waals surface area contributed by atoms with Crippen LogP contribution in [0.15, 0.2) is 36.5 Å². The summed E-state index contributed by atoms with van der Waals surface area (Å²) in [4.78, 5) is 15.7. The first kappa shape index (κ1) is 15.6. The van der Waals surface area contributed by atoms with Crippen molar-refractivity contribution in [3.63, 3.8) is 0 Å². The molecule has 0 aliphatic heterocycles. The van der Waals surface area contributed by atoms with Crippen molar-refractivity contribution in [2.75, 3.05) is 11.9 Å². The second kappa shape index (κ2) is 6.79. The predicted octanol–water partition coefficient (Wildman–Crippen LogP) is 2.82. The summed E-state index contributed by atoms with van der Waals surface area (Å²) in [5.74, 6) is -1.80. The summed E-state index contributed by atoms with van der Waals surface area (Å²) in [6.07, 6.45) is -1.43. The van der Waals surface area contributed by atoms with Crippen LogP contribution in [0.5, 0.6) is 11.5 Å². The van der Waals surface area contributed by atoms with E-state index in [1.807, 2.05) is 0 Å². The van der Waals surface area contributed by atoms with E-state index in [9.17, 15) is 18.0 Å². The van der Waals surface area contributed by atoms with Crippen molar-refractivity contribution in [3.8, 4) is 11.5 Å². The second-order valence-corrected chi connectivity index (χ2v) is 4.20. The number of alkyl halides is 2. The number of anilines is 1. The minimum Gasteiger partial charge on any atom is -0.508 e. The fourth-order valence-electron chi connectivity index (χ4n) is 1.58. The van der Waals surface area contributed by atoms with Gasteiger partial charge in [-0.05, 0) is 18.2 Å². The van der Waals surface area contributed by atoms with E-state index in [2.05, 4.69) is 10.3 Å². The van der Waals surface area contributed by atoms with E-state index in [0.29, 0.717) is 0 Å². The van der Waals surface area contributed by atoms with E-state index in [1.165, 1.54) is 24.4 Å². The molecule has 0 aliphatic carbocycles. The van der Waals surface area contributed by atoms with E-state index in [4.69, 9.17) is 9.84 Å². The van der Waals surface area contributed by atoms with Crippen LogP contribution in [-0.2, 0) is 0 Å². The minimum atomic E-state index is -2.64. The van der Waals surface area contributed by atoms with Crippen LogP contribution in [0.25, 0.3) is 0 Å². The first-order valence-electron chi connectivity index (χ1n) is 6.12. The van der Waals surface area contributed by atoms with Crippen LogP contribution in [0.3, 0.4) is 0 Å². The molecule has 0 fully saturated rings. The van der Waals surface area contributed by atoms with Crippen LogP contribution < -0.4 is 10.1 Å². The number of phenolic OH excluding ortho intramolecular Hbond substituents is 1. The van der Waals surface area contributed by atoms with Gasteiger partial charge in [0.1, 0.15) is 29.6 Å². The van der Waals surface area contributed by atoms with Gasteiger partial charge in [0.15, 0.2) is 0 Å². The molecule has 0 atom stereocenters. The Morgan fingerprint density at radius 2 is 2.09 bits per heavy atom. The van der Waals surface area contributed by atoms with Gasteiger partial charge in [-0.3, -0.25) is 9.78 Å². The maximum Gasteiger partial charge on any atom is 0.274 e. The van der Waals surface area contributed by atoms with Gasteiger partial charge in [-0.25, -0.2) is 13.2 Å². The summed E-state index contributed by atoms with van der Waals surface area (Å²) in [7, 11) is 0. The number of aromatic hydroxyl groups is 1. The van der Waals surface area contributed by atoms with Gasteiger partial charge >= 0.3 is 0 Å². The fraction of sp³-hybridized carbons (Fsp3) is 0.143. The average molecular weight is 312 g/mol. The van der Waals surface area contributed by atoms with Gasteiger partial charge in [0.25, 0.3) is 12.3 Å². The van der Waals surface area contributed by atoms with Crippen LogP contribution in [0.2, 0.25) is 0 Å². The second-order valence-electron chi connectivity index (χ2n) is 4.20. The molecule has 2 N–H and O–H groups in total. The molecular formula is C14H11F3N2O3. The van der Waals surface area contributed by atoms with Gasteiger partial charge in [-0.2, -0.15) is 0 Å². The molecule has 2 rings (SSSR count). The molecule has 1 aromatic carbocycles. The Hall–Kier alpha value is -2.77. The number of carbonyl (C=O) groups excluding carboxylic acids is 1. The number of rotatable bonds is 5. The number of phenols is 1. The topological polar surface area (TPSA) is 71.5 Å². The molecule has 0 saturated carbocycles. The lowest BCUT2D eigenvalue weighted by Crippen LogP contribution is -2.15. The normalized spacial score (nSPS) is 10.5. The predicted molar refractivity (Wildman–Crippen MR) is 71.8 cm³/mol. The molecule has 1 amide bonds. The lowest BCUT2D eigenvalue weighted by Gasteiger charge is -2.08. The summed E-state index contributed by atoms with van der Waals surface area (Å²) in [6, 6.07) is 5.70. The van der Waals surface area contributed by atoms with E-state index in [1.54, 1.807) is 0 Å². The molecule has 116 valence electrons. The number of nitrogens with zero attached hydrogens (tertiary/aromatic N) is 1. The Morgan fingerprint density at radius 1 is 1.32 bits per heavy atom. The number of pyridine rings is 1. The lowest BCUT2D eigenvalue weighted by atomic mass is 10.2. The maximum absolute atomic E-state index is 13.5. The van der Waals surface area contributed by atoms with Crippen molar-refractivity contribution < 1.29 is 27.8 Å². The zero-order chi connectivity index (χ0) is 16.1. The SMILES string of the molecule is O=C(Nc1ccc(O)cc1F)c1cc(OCC(F)F)ccn1. The van der Waals surface area contributed by atoms with Gasteiger partial charge < -0.3 is 15.2 Å². The third-order valence-corrected chi connectivity index (χ3v) is 2.54. The molecule has 0 bridgehead atoms. The molecule has 0 aliphatic rings. The number of carbonyl (C=O) groups is 1. The number of hydrogen-bond acceptors (Lipinski definition) is 4. The molecule has 22 heavy (non-hydrogen) atoms. The maximum atomic E-state index is 13.5. The van der Waals surface area contributed by atoms with Crippen molar-refractivity contribution in [1.82, 2.24) is 4.98 Å². The van der Waals surface area contributed by atoms with Crippen LogP contribution in [0.1, 0.15) is 10.5 Å². The molecular weight excluding hydrogens is 301 g/mol. The third kappa shape index (κ3) is 4.11. The Labute approximate surface area is 123 Å². The number of aromatic nitrogens is 1. The number of nitrogens with one attached hydrogen (secondary N) is 1. The smallest absolute Gasteiger partial charge is 0.274 e. The number of hydrogen-bond donors (Lipinski definition) is 2. The highest BCUT2D eigenvalue weighted by molar-refractivity contribution is 6.03. The zero-order valence-electron chi connectivity index (χ0n) is 11.1. The Kier molecular flexibility index (Phi) is 4.82. The third-order valence-electron chi connectivity index (χ3n) is 2.54.